The van der Waals surface area contributed by atoms with Gasteiger partial charge in [-0.1, -0.05) is 43.1 Å². The molecule has 0 aliphatic heterocycles. The van der Waals surface area contributed by atoms with E-state index in [0.29, 0.717) is 5.92 Å². The van der Waals surface area contributed by atoms with Crippen molar-refractivity contribution in [2.45, 2.75) is 45.6 Å². The summed E-state index contributed by atoms with van der Waals surface area (Å²) in [6.07, 6.45) is 4.57. The Morgan fingerprint density at radius 2 is 1.63 bits per heavy atom. The standard InChI is InChI=1S/C16H23Cl2N/c1-10-6-11(2)8-12(7-10)16(19)9-13-14(17)4-3-5-15(13)18/h3-5,10-12,16H,6-9,19H2,1-2H3. The maximum Gasteiger partial charge on any atom is 0.0453 e. The molecule has 0 radical (unpaired) electrons. The molecule has 2 N–H and O–H groups in total. The van der Waals surface area contributed by atoms with Gasteiger partial charge in [-0.15, -0.1) is 0 Å². The number of hydrogen-bond acceptors (Lipinski definition) is 1. The maximum atomic E-state index is 6.43. The minimum Gasteiger partial charge on any atom is -0.327 e. The van der Waals surface area contributed by atoms with E-state index in [1.165, 1.54) is 19.3 Å². The minimum absolute atomic E-state index is 0.155. The Hall–Kier alpha value is -0.240. The van der Waals surface area contributed by atoms with Crippen LogP contribution in [0.2, 0.25) is 10.0 Å². The van der Waals surface area contributed by atoms with Crippen molar-refractivity contribution in [3.8, 4) is 0 Å². The van der Waals surface area contributed by atoms with E-state index in [-0.39, 0.29) is 6.04 Å². The SMILES string of the molecule is CC1CC(C)CC(C(N)Cc2c(Cl)cccc2Cl)C1. The van der Waals surface area contributed by atoms with E-state index in [1.54, 1.807) is 0 Å². The average molecular weight is 300 g/mol. The molecular weight excluding hydrogens is 277 g/mol. The maximum absolute atomic E-state index is 6.43. The fourth-order valence-corrected chi connectivity index (χ4v) is 4.04. The van der Waals surface area contributed by atoms with Crippen molar-refractivity contribution in [3.05, 3.63) is 33.8 Å². The fourth-order valence-electron chi connectivity index (χ4n) is 3.49. The summed E-state index contributed by atoms with van der Waals surface area (Å²) in [5.41, 5.74) is 7.43. The first kappa shape index (κ1) is 15.2. The molecule has 0 spiro atoms. The van der Waals surface area contributed by atoms with Crippen LogP contribution in [0.1, 0.15) is 38.7 Å². The first-order valence-corrected chi connectivity index (χ1v) is 7.91. The van der Waals surface area contributed by atoms with Gasteiger partial charge in [0.15, 0.2) is 0 Å². The Bertz CT molecular complexity index is 403. The van der Waals surface area contributed by atoms with Gasteiger partial charge in [0, 0.05) is 16.1 Å². The van der Waals surface area contributed by atoms with E-state index in [1.807, 2.05) is 18.2 Å². The first-order chi connectivity index (χ1) is 8.97. The molecule has 3 atom stereocenters. The quantitative estimate of drug-likeness (QED) is 0.841. The molecule has 3 unspecified atom stereocenters. The number of hydrogen-bond donors (Lipinski definition) is 1. The Kier molecular flexibility index (Phi) is 5.16. The molecule has 19 heavy (non-hydrogen) atoms. The van der Waals surface area contributed by atoms with Crippen molar-refractivity contribution in [1.29, 1.82) is 0 Å². The highest BCUT2D eigenvalue weighted by molar-refractivity contribution is 6.36. The van der Waals surface area contributed by atoms with E-state index in [9.17, 15) is 0 Å². The zero-order chi connectivity index (χ0) is 14.0. The van der Waals surface area contributed by atoms with Gasteiger partial charge < -0.3 is 5.73 Å². The number of benzene rings is 1. The summed E-state index contributed by atoms with van der Waals surface area (Å²) < 4.78 is 0. The van der Waals surface area contributed by atoms with Crippen LogP contribution in [-0.2, 0) is 6.42 Å². The lowest BCUT2D eigenvalue weighted by Gasteiger charge is -2.35. The molecule has 1 nitrogen and oxygen atoms in total. The Balaban J connectivity index is 2.06. The van der Waals surface area contributed by atoms with Crippen molar-refractivity contribution < 1.29 is 0 Å². The molecule has 1 aliphatic rings. The zero-order valence-electron chi connectivity index (χ0n) is 11.7. The van der Waals surface area contributed by atoms with E-state index >= 15 is 0 Å². The summed E-state index contributed by atoms with van der Waals surface area (Å²) in [6, 6.07) is 5.82. The molecule has 1 fully saturated rings. The molecule has 0 aromatic heterocycles. The molecule has 0 amide bonds. The van der Waals surface area contributed by atoms with Gasteiger partial charge in [0.05, 0.1) is 0 Å². The van der Waals surface area contributed by atoms with E-state index in [2.05, 4.69) is 13.8 Å². The molecule has 0 heterocycles. The first-order valence-electron chi connectivity index (χ1n) is 7.15. The monoisotopic (exact) mass is 299 g/mol. The van der Waals surface area contributed by atoms with Gasteiger partial charge in [0.1, 0.15) is 0 Å². The third-order valence-corrected chi connectivity index (χ3v) is 5.03. The molecule has 1 aromatic rings. The second kappa shape index (κ2) is 6.47. The molecule has 0 bridgehead atoms. The van der Waals surface area contributed by atoms with Crippen LogP contribution >= 0.6 is 23.2 Å². The predicted molar refractivity (Wildman–Crippen MR) is 83.8 cm³/mol. The lowest BCUT2D eigenvalue weighted by molar-refractivity contribution is 0.192. The van der Waals surface area contributed by atoms with Crippen molar-refractivity contribution in [2.75, 3.05) is 0 Å². The van der Waals surface area contributed by atoms with E-state index in [0.717, 1.165) is 33.9 Å². The second-order valence-electron chi connectivity index (χ2n) is 6.25. The van der Waals surface area contributed by atoms with Crippen LogP contribution in [0.3, 0.4) is 0 Å². The highest BCUT2D eigenvalue weighted by Crippen LogP contribution is 2.36. The summed E-state index contributed by atoms with van der Waals surface area (Å²) in [4.78, 5) is 0. The average Bonchev–Trinajstić information content (AvgIpc) is 2.32. The summed E-state index contributed by atoms with van der Waals surface area (Å²) >= 11 is 12.5. The zero-order valence-corrected chi connectivity index (χ0v) is 13.2. The van der Waals surface area contributed by atoms with Gasteiger partial charge in [0.25, 0.3) is 0 Å². The van der Waals surface area contributed by atoms with Gasteiger partial charge in [-0.25, -0.2) is 0 Å². The third kappa shape index (κ3) is 3.87. The summed E-state index contributed by atoms with van der Waals surface area (Å²) in [5.74, 6) is 2.15. The fraction of sp³-hybridized carbons (Fsp3) is 0.625. The summed E-state index contributed by atoms with van der Waals surface area (Å²) in [7, 11) is 0. The van der Waals surface area contributed by atoms with Crippen molar-refractivity contribution in [2.24, 2.45) is 23.5 Å². The molecule has 3 heteroatoms. The van der Waals surface area contributed by atoms with Gasteiger partial charge in [0.2, 0.25) is 0 Å². The van der Waals surface area contributed by atoms with Crippen LogP contribution in [0.15, 0.2) is 18.2 Å². The highest BCUT2D eigenvalue weighted by atomic mass is 35.5. The number of nitrogens with two attached hydrogens (primary N) is 1. The number of rotatable bonds is 3. The second-order valence-corrected chi connectivity index (χ2v) is 7.06. The lowest BCUT2D eigenvalue weighted by Crippen LogP contribution is -2.37. The highest BCUT2D eigenvalue weighted by Gasteiger charge is 2.28. The minimum atomic E-state index is 0.155. The third-order valence-electron chi connectivity index (χ3n) is 4.32. The van der Waals surface area contributed by atoms with Gasteiger partial charge in [-0.05, 0) is 61.1 Å². The lowest BCUT2D eigenvalue weighted by atomic mass is 9.73. The van der Waals surface area contributed by atoms with E-state index in [4.69, 9.17) is 28.9 Å². The van der Waals surface area contributed by atoms with Crippen LogP contribution in [0, 0.1) is 17.8 Å². The Labute approximate surface area is 126 Å². The summed E-state index contributed by atoms with van der Waals surface area (Å²) in [6.45, 7) is 4.66. The molecule has 0 saturated heterocycles. The van der Waals surface area contributed by atoms with Crippen LogP contribution < -0.4 is 5.73 Å². The smallest absolute Gasteiger partial charge is 0.0453 e. The molecule has 1 saturated carbocycles. The normalized spacial score (nSPS) is 29.2. The van der Waals surface area contributed by atoms with E-state index < -0.39 is 0 Å². The summed E-state index contributed by atoms with van der Waals surface area (Å²) in [5, 5.41) is 1.47. The van der Waals surface area contributed by atoms with Gasteiger partial charge in [-0.3, -0.25) is 0 Å². The largest absolute Gasteiger partial charge is 0.327 e. The molecular formula is C16H23Cl2N. The van der Waals surface area contributed by atoms with Gasteiger partial charge in [-0.2, -0.15) is 0 Å². The molecule has 1 aliphatic carbocycles. The topological polar surface area (TPSA) is 26.0 Å². The van der Waals surface area contributed by atoms with Crippen LogP contribution in [0.25, 0.3) is 0 Å². The van der Waals surface area contributed by atoms with Gasteiger partial charge >= 0.3 is 0 Å². The van der Waals surface area contributed by atoms with Crippen LogP contribution in [-0.4, -0.2) is 6.04 Å². The van der Waals surface area contributed by atoms with Crippen LogP contribution in [0.4, 0.5) is 0 Å². The Morgan fingerprint density at radius 3 is 2.16 bits per heavy atom. The molecule has 2 rings (SSSR count). The van der Waals surface area contributed by atoms with Crippen molar-refractivity contribution in [1.82, 2.24) is 0 Å². The predicted octanol–water partition coefficient (Wildman–Crippen LogP) is 4.94. The van der Waals surface area contributed by atoms with Crippen molar-refractivity contribution >= 4 is 23.2 Å². The molecule has 1 aromatic carbocycles. The Morgan fingerprint density at radius 1 is 1.11 bits per heavy atom. The van der Waals surface area contributed by atoms with Crippen LogP contribution in [0.5, 0.6) is 0 Å². The molecule has 106 valence electrons. The van der Waals surface area contributed by atoms with Crippen molar-refractivity contribution in [3.63, 3.8) is 0 Å². The number of halogens is 2.